The number of hydrogen-bond acceptors (Lipinski definition) is 1. The molecule has 1 heterocycles. The van der Waals surface area contributed by atoms with Gasteiger partial charge in [0.05, 0.1) is 0 Å². The Balaban J connectivity index is 2.41. The lowest BCUT2D eigenvalue weighted by Gasteiger charge is -2.21. The van der Waals surface area contributed by atoms with Crippen molar-refractivity contribution in [3.05, 3.63) is 12.7 Å². The third-order valence-electron chi connectivity index (χ3n) is 3.17. The van der Waals surface area contributed by atoms with E-state index in [1.54, 1.807) is 0 Å². The van der Waals surface area contributed by atoms with E-state index in [0.717, 1.165) is 25.8 Å². The molecule has 0 bridgehead atoms. The molecule has 0 saturated carbocycles. The third kappa shape index (κ3) is 3.37. The van der Waals surface area contributed by atoms with Crippen molar-refractivity contribution in [3.63, 3.8) is 0 Å². The number of likely N-dealkylation sites (tertiary alicyclic amines) is 1. The standard InChI is InChI=1S/C13H23NO/c1-5-6-11(4)7-12-8-13(15)14(9-12)10(2)3/h5,10-12H,1,6-9H2,2-4H3. The molecule has 1 rings (SSSR count). The molecule has 86 valence electrons. The van der Waals surface area contributed by atoms with E-state index in [2.05, 4.69) is 27.4 Å². The molecule has 0 aliphatic carbocycles. The van der Waals surface area contributed by atoms with E-state index in [9.17, 15) is 4.79 Å². The van der Waals surface area contributed by atoms with Crippen molar-refractivity contribution in [1.82, 2.24) is 4.90 Å². The molecule has 0 aromatic carbocycles. The van der Waals surface area contributed by atoms with Gasteiger partial charge in [-0.05, 0) is 38.5 Å². The Hall–Kier alpha value is -0.790. The van der Waals surface area contributed by atoms with Crippen LogP contribution in [-0.4, -0.2) is 23.4 Å². The maximum absolute atomic E-state index is 11.7. The van der Waals surface area contributed by atoms with E-state index in [1.165, 1.54) is 0 Å². The van der Waals surface area contributed by atoms with Gasteiger partial charge in [-0.15, -0.1) is 6.58 Å². The molecule has 2 heteroatoms. The highest BCUT2D eigenvalue weighted by Crippen LogP contribution is 2.27. The second-order valence-electron chi connectivity index (χ2n) is 5.08. The number of amides is 1. The van der Waals surface area contributed by atoms with Crippen LogP contribution in [0, 0.1) is 11.8 Å². The van der Waals surface area contributed by atoms with Gasteiger partial charge in [0, 0.05) is 19.0 Å². The Labute approximate surface area is 93.3 Å². The summed E-state index contributed by atoms with van der Waals surface area (Å²) >= 11 is 0. The molecule has 15 heavy (non-hydrogen) atoms. The van der Waals surface area contributed by atoms with Crippen LogP contribution in [0.15, 0.2) is 12.7 Å². The van der Waals surface area contributed by atoms with E-state index in [0.29, 0.717) is 23.8 Å². The fourth-order valence-corrected chi connectivity index (χ4v) is 2.42. The average Bonchev–Trinajstić information content (AvgIpc) is 2.47. The predicted molar refractivity (Wildman–Crippen MR) is 63.6 cm³/mol. The first-order valence-corrected chi connectivity index (χ1v) is 5.95. The van der Waals surface area contributed by atoms with E-state index in [4.69, 9.17) is 0 Å². The third-order valence-corrected chi connectivity index (χ3v) is 3.17. The van der Waals surface area contributed by atoms with Crippen LogP contribution in [0.3, 0.4) is 0 Å². The monoisotopic (exact) mass is 209 g/mol. The summed E-state index contributed by atoms with van der Waals surface area (Å²) in [4.78, 5) is 13.7. The van der Waals surface area contributed by atoms with Crippen molar-refractivity contribution in [1.29, 1.82) is 0 Å². The Kier molecular flexibility index (Phi) is 4.37. The van der Waals surface area contributed by atoms with Crippen LogP contribution in [0.1, 0.15) is 40.0 Å². The van der Waals surface area contributed by atoms with Gasteiger partial charge in [-0.3, -0.25) is 4.79 Å². The fraction of sp³-hybridized carbons (Fsp3) is 0.769. The van der Waals surface area contributed by atoms with Gasteiger partial charge in [0.25, 0.3) is 0 Å². The molecule has 1 aliphatic heterocycles. The molecular weight excluding hydrogens is 186 g/mol. The second kappa shape index (κ2) is 5.34. The quantitative estimate of drug-likeness (QED) is 0.638. The topological polar surface area (TPSA) is 20.3 Å². The summed E-state index contributed by atoms with van der Waals surface area (Å²) in [5.74, 6) is 1.56. The molecule has 0 N–H and O–H groups in total. The molecular formula is C13H23NO. The summed E-state index contributed by atoms with van der Waals surface area (Å²) in [6.45, 7) is 11.1. The van der Waals surface area contributed by atoms with Gasteiger partial charge >= 0.3 is 0 Å². The molecule has 1 saturated heterocycles. The van der Waals surface area contributed by atoms with E-state index in [-0.39, 0.29) is 0 Å². The Morgan fingerprint density at radius 2 is 2.20 bits per heavy atom. The summed E-state index contributed by atoms with van der Waals surface area (Å²) in [6.07, 6.45) is 4.94. The number of hydrogen-bond donors (Lipinski definition) is 0. The van der Waals surface area contributed by atoms with Crippen LogP contribution in [-0.2, 0) is 4.79 Å². The molecule has 1 fully saturated rings. The zero-order valence-corrected chi connectivity index (χ0v) is 10.2. The molecule has 2 unspecified atom stereocenters. The van der Waals surface area contributed by atoms with Crippen LogP contribution in [0.25, 0.3) is 0 Å². The largest absolute Gasteiger partial charge is 0.340 e. The summed E-state index contributed by atoms with van der Waals surface area (Å²) in [6, 6.07) is 0.359. The normalized spacial score (nSPS) is 23.6. The fourth-order valence-electron chi connectivity index (χ4n) is 2.42. The highest BCUT2D eigenvalue weighted by Gasteiger charge is 2.31. The van der Waals surface area contributed by atoms with Crippen LogP contribution >= 0.6 is 0 Å². The number of rotatable bonds is 5. The first kappa shape index (κ1) is 12.3. The SMILES string of the molecule is C=CCC(C)CC1CC(=O)N(C(C)C)C1. The molecule has 0 aromatic rings. The first-order valence-electron chi connectivity index (χ1n) is 5.95. The van der Waals surface area contributed by atoms with Crippen molar-refractivity contribution in [2.24, 2.45) is 11.8 Å². The lowest BCUT2D eigenvalue weighted by molar-refractivity contribution is -0.129. The lowest BCUT2D eigenvalue weighted by atomic mass is 9.93. The predicted octanol–water partition coefficient (Wildman–Crippen LogP) is 2.85. The van der Waals surface area contributed by atoms with Gasteiger partial charge in [0.1, 0.15) is 0 Å². The van der Waals surface area contributed by atoms with Gasteiger partial charge in [-0.25, -0.2) is 0 Å². The molecule has 1 aliphatic rings. The highest BCUT2D eigenvalue weighted by molar-refractivity contribution is 5.78. The Bertz CT molecular complexity index is 235. The summed E-state index contributed by atoms with van der Waals surface area (Å²) in [7, 11) is 0. The van der Waals surface area contributed by atoms with Crippen molar-refractivity contribution in [3.8, 4) is 0 Å². The molecule has 0 aromatic heterocycles. The zero-order chi connectivity index (χ0) is 11.4. The number of carbonyl (C=O) groups excluding carboxylic acids is 1. The number of allylic oxidation sites excluding steroid dienone is 1. The summed E-state index contributed by atoms with van der Waals surface area (Å²) < 4.78 is 0. The maximum Gasteiger partial charge on any atom is 0.223 e. The van der Waals surface area contributed by atoms with Crippen molar-refractivity contribution in [2.45, 2.75) is 46.1 Å². The minimum Gasteiger partial charge on any atom is -0.340 e. The highest BCUT2D eigenvalue weighted by atomic mass is 16.2. The Morgan fingerprint density at radius 1 is 1.53 bits per heavy atom. The molecule has 2 nitrogen and oxygen atoms in total. The average molecular weight is 209 g/mol. The summed E-state index contributed by atoms with van der Waals surface area (Å²) in [5.41, 5.74) is 0. The lowest BCUT2D eigenvalue weighted by Crippen LogP contribution is -2.32. The maximum atomic E-state index is 11.7. The molecule has 1 amide bonds. The van der Waals surface area contributed by atoms with E-state index in [1.807, 2.05) is 11.0 Å². The van der Waals surface area contributed by atoms with Crippen LogP contribution in [0.5, 0.6) is 0 Å². The molecule has 0 spiro atoms. The first-order chi connectivity index (χ1) is 7.04. The minimum atomic E-state index is 0.334. The van der Waals surface area contributed by atoms with Crippen molar-refractivity contribution >= 4 is 5.91 Å². The van der Waals surface area contributed by atoms with E-state index >= 15 is 0 Å². The molecule has 2 atom stereocenters. The summed E-state index contributed by atoms with van der Waals surface area (Å²) in [5, 5.41) is 0. The van der Waals surface area contributed by atoms with Crippen molar-refractivity contribution in [2.75, 3.05) is 6.54 Å². The number of nitrogens with zero attached hydrogens (tertiary/aromatic N) is 1. The Morgan fingerprint density at radius 3 is 2.67 bits per heavy atom. The van der Waals surface area contributed by atoms with Gasteiger partial charge in [-0.2, -0.15) is 0 Å². The molecule has 0 radical (unpaired) electrons. The van der Waals surface area contributed by atoms with E-state index < -0.39 is 0 Å². The smallest absolute Gasteiger partial charge is 0.223 e. The van der Waals surface area contributed by atoms with Crippen LogP contribution in [0.4, 0.5) is 0 Å². The van der Waals surface area contributed by atoms with Crippen LogP contribution < -0.4 is 0 Å². The van der Waals surface area contributed by atoms with Crippen LogP contribution in [0.2, 0.25) is 0 Å². The zero-order valence-electron chi connectivity index (χ0n) is 10.2. The van der Waals surface area contributed by atoms with Gasteiger partial charge < -0.3 is 4.90 Å². The minimum absolute atomic E-state index is 0.334. The van der Waals surface area contributed by atoms with Crippen molar-refractivity contribution < 1.29 is 4.79 Å². The van der Waals surface area contributed by atoms with Gasteiger partial charge in [0.15, 0.2) is 0 Å². The second-order valence-corrected chi connectivity index (χ2v) is 5.08. The number of carbonyl (C=O) groups is 1. The van der Waals surface area contributed by atoms with Gasteiger partial charge in [0.2, 0.25) is 5.91 Å². The van der Waals surface area contributed by atoms with Gasteiger partial charge in [-0.1, -0.05) is 13.0 Å².